The van der Waals surface area contributed by atoms with Crippen LogP contribution in [0.2, 0.25) is 0 Å². The van der Waals surface area contributed by atoms with E-state index < -0.39 is 5.97 Å². The van der Waals surface area contributed by atoms with E-state index in [9.17, 15) is 9.59 Å². The summed E-state index contributed by atoms with van der Waals surface area (Å²) in [6.07, 6.45) is 3.98. The smallest absolute Gasteiger partial charge is 0.303 e. The fraction of sp³-hybridized carbons (Fsp3) is 0.818. The third kappa shape index (κ3) is 9.79. The molecule has 0 atom stereocenters. The van der Waals surface area contributed by atoms with Gasteiger partial charge >= 0.3 is 5.97 Å². The topological polar surface area (TPSA) is 54.4 Å². The molecule has 4 heteroatoms. The largest absolute Gasteiger partial charge is 0.481 e. The van der Waals surface area contributed by atoms with Crippen molar-refractivity contribution in [3.8, 4) is 0 Å². The summed E-state index contributed by atoms with van der Waals surface area (Å²) in [5, 5.41) is 8.65. The molecule has 0 bridgehead atoms. The molecular formula is C11H20O3S. The van der Waals surface area contributed by atoms with Crippen LogP contribution in [0.15, 0.2) is 0 Å². The monoisotopic (exact) mass is 232 g/mol. The van der Waals surface area contributed by atoms with Crippen molar-refractivity contribution in [2.45, 2.75) is 46.0 Å². The second kappa shape index (κ2) is 8.77. The van der Waals surface area contributed by atoms with E-state index in [1.807, 2.05) is 13.8 Å². The highest BCUT2D eigenvalue weighted by Crippen LogP contribution is 2.13. The van der Waals surface area contributed by atoms with Crippen molar-refractivity contribution in [3.63, 3.8) is 0 Å². The first-order valence-corrected chi connectivity index (χ1v) is 6.41. The molecule has 0 aliphatic rings. The van der Waals surface area contributed by atoms with Gasteiger partial charge in [-0.25, -0.2) is 0 Å². The molecule has 0 radical (unpaired) electrons. The highest BCUT2D eigenvalue weighted by atomic mass is 32.2. The summed E-state index contributed by atoms with van der Waals surface area (Å²) in [6.45, 7) is 3.81. The number of carboxylic acids is 1. The number of hydrogen-bond donors (Lipinski definition) is 1. The first-order chi connectivity index (χ1) is 7.04. The van der Waals surface area contributed by atoms with Gasteiger partial charge in [-0.3, -0.25) is 9.59 Å². The Morgan fingerprint density at radius 3 is 2.27 bits per heavy atom. The van der Waals surface area contributed by atoms with E-state index in [2.05, 4.69) is 0 Å². The molecule has 15 heavy (non-hydrogen) atoms. The van der Waals surface area contributed by atoms with Crippen molar-refractivity contribution in [1.82, 2.24) is 0 Å². The van der Waals surface area contributed by atoms with Gasteiger partial charge in [0.15, 0.2) is 5.12 Å². The minimum Gasteiger partial charge on any atom is -0.481 e. The molecule has 0 aromatic rings. The molecule has 0 unspecified atom stereocenters. The van der Waals surface area contributed by atoms with E-state index in [4.69, 9.17) is 5.11 Å². The lowest BCUT2D eigenvalue weighted by atomic mass is 10.2. The maximum atomic E-state index is 11.2. The van der Waals surface area contributed by atoms with E-state index in [-0.39, 0.29) is 17.5 Å². The van der Waals surface area contributed by atoms with Gasteiger partial charge in [-0.2, -0.15) is 0 Å². The van der Waals surface area contributed by atoms with Gasteiger partial charge in [0.05, 0.1) is 0 Å². The van der Waals surface area contributed by atoms with Gasteiger partial charge in [0.25, 0.3) is 0 Å². The molecule has 0 saturated carbocycles. The predicted octanol–water partition coefficient (Wildman–Crippen LogP) is 2.94. The SMILES string of the molecule is CC(C)C(=O)SCCCCCCC(=O)O. The summed E-state index contributed by atoms with van der Waals surface area (Å²) >= 11 is 1.39. The first-order valence-electron chi connectivity index (χ1n) is 5.42. The third-order valence-corrected chi connectivity index (χ3v) is 3.25. The van der Waals surface area contributed by atoms with Crippen LogP contribution in [0.4, 0.5) is 0 Å². The Kier molecular flexibility index (Phi) is 8.47. The summed E-state index contributed by atoms with van der Waals surface area (Å²) in [4.78, 5) is 21.4. The van der Waals surface area contributed by atoms with Gasteiger partial charge in [0, 0.05) is 18.1 Å². The molecule has 0 heterocycles. The third-order valence-electron chi connectivity index (χ3n) is 2.00. The average molecular weight is 232 g/mol. The molecule has 0 aromatic carbocycles. The summed E-state index contributed by atoms with van der Waals surface area (Å²) in [5.41, 5.74) is 0. The van der Waals surface area contributed by atoms with Crippen molar-refractivity contribution in [2.75, 3.05) is 5.75 Å². The van der Waals surface area contributed by atoms with Crippen LogP contribution in [-0.4, -0.2) is 21.9 Å². The van der Waals surface area contributed by atoms with E-state index in [0.717, 1.165) is 31.4 Å². The molecule has 3 nitrogen and oxygen atoms in total. The predicted molar refractivity (Wildman–Crippen MR) is 63.0 cm³/mol. The van der Waals surface area contributed by atoms with E-state index in [1.54, 1.807) is 0 Å². The minimum atomic E-state index is -0.723. The van der Waals surface area contributed by atoms with Gasteiger partial charge in [0.1, 0.15) is 0 Å². The molecule has 0 amide bonds. The highest BCUT2D eigenvalue weighted by Gasteiger charge is 2.06. The van der Waals surface area contributed by atoms with Crippen molar-refractivity contribution >= 4 is 22.8 Å². The fourth-order valence-corrected chi connectivity index (χ4v) is 1.95. The molecular weight excluding hydrogens is 212 g/mol. The zero-order valence-corrected chi connectivity index (χ0v) is 10.3. The van der Waals surface area contributed by atoms with E-state index in [0.29, 0.717) is 0 Å². The summed E-state index contributed by atoms with van der Waals surface area (Å²) in [7, 11) is 0. The van der Waals surface area contributed by atoms with Gasteiger partial charge in [-0.15, -0.1) is 0 Å². The Morgan fingerprint density at radius 2 is 1.73 bits per heavy atom. The van der Waals surface area contributed by atoms with E-state index >= 15 is 0 Å². The fourth-order valence-electron chi connectivity index (χ4n) is 1.07. The summed E-state index contributed by atoms with van der Waals surface area (Å²) in [5.74, 6) is 0.255. The zero-order chi connectivity index (χ0) is 11.7. The Morgan fingerprint density at radius 1 is 1.13 bits per heavy atom. The van der Waals surface area contributed by atoms with Gasteiger partial charge in [-0.05, 0) is 12.8 Å². The summed E-state index contributed by atoms with van der Waals surface area (Å²) in [6, 6.07) is 0. The lowest BCUT2D eigenvalue weighted by Crippen LogP contribution is -2.02. The second-order valence-electron chi connectivity index (χ2n) is 3.88. The van der Waals surface area contributed by atoms with Crippen molar-refractivity contribution in [2.24, 2.45) is 5.92 Å². The maximum absolute atomic E-state index is 11.2. The standard InChI is InChI=1S/C11H20O3S/c1-9(2)11(14)15-8-6-4-3-5-7-10(12)13/h9H,3-8H2,1-2H3,(H,12,13). The first kappa shape index (κ1) is 14.5. The zero-order valence-electron chi connectivity index (χ0n) is 9.49. The van der Waals surface area contributed by atoms with Crippen LogP contribution >= 0.6 is 11.8 Å². The molecule has 0 aliphatic heterocycles. The van der Waals surface area contributed by atoms with Gasteiger partial charge in [-0.1, -0.05) is 38.5 Å². The van der Waals surface area contributed by atoms with Crippen molar-refractivity contribution in [3.05, 3.63) is 0 Å². The minimum absolute atomic E-state index is 0.113. The Balaban J connectivity index is 3.18. The number of carbonyl (C=O) groups is 2. The quantitative estimate of drug-likeness (QED) is 0.654. The Bertz CT molecular complexity index is 202. The van der Waals surface area contributed by atoms with Crippen LogP contribution in [-0.2, 0) is 9.59 Å². The second-order valence-corrected chi connectivity index (χ2v) is 4.98. The average Bonchev–Trinajstić information content (AvgIpc) is 2.15. The lowest BCUT2D eigenvalue weighted by Gasteiger charge is -2.03. The van der Waals surface area contributed by atoms with Crippen LogP contribution in [0, 0.1) is 5.92 Å². The van der Waals surface area contributed by atoms with Crippen LogP contribution in [0.5, 0.6) is 0 Å². The molecule has 0 spiro atoms. The lowest BCUT2D eigenvalue weighted by molar-refractivity contribution is -0.137. The van der Waals surface area contributed by atoms with Gasteiger partial charge in [0.2, 0.25) is 0 Å². The molecule has 0 saturated heterocycles. The maximum Gasteiger partial charge on any atom is 0.303 e. The van der Waals surface area contributed by atoms with E-state index in [1.165, 1.54) is 11.8 Å². The van der Waals surface area contributed by atoms with Crippen LogP contribution in [0.3, 0.4) is 0 Å². The molecule has 88 valence electrons. The van der Waals surface area contributed by atoms with Crippen molar-refractivity contribution < 1.29 is 14.7 Å². The Labute approximate surface area is 95.6 Å². The Hall–Kier alpha value is -0.510. The number of thioether (sulfide) groups is 1. The molecule has 0 aliphatic carbocycles. The molecule has 1 N–H and O–H groups in total. The number of carbonyl (C=O) groups excluding carboxylic acids is 1. The number of rotatable bonds is 8. The summed E-state index contributed by atoms with van der Waals surface area (Å²) < 4.78 is 0. The molecule has 0 rings (SSSR count). The van der Waals surface area contributed by atoms with Gasteiger partial charge < -0.3 is 5.11 Å². The number of carboxylic acid groups (broad SMARTS) is 1. The number of unbranched alkanes of at least 4 members (excludes halogenated alkanes) is 3. The normalized spacial score (nSPS) is 10.6. The van der Waals surface area contributed by atoms with Crippen LogP contribution in [0.25, 0.3) is 0 Å². The molecule has 0 aromatic heterocycles. The molecule has 0 fully saturated rings. The van der Waals surface area contributed by atoms with Crippen molar-refractivity contribution in [1.29, 1.82) is 0 Å². The number of hydrogen-bond acceptors (Lipinski definition) is 3. The highest BCUT2D eigenvalue weighted by molar-refractivity contribution is 8.13. The van der Waals surface area contributed by atoms with Crippen LogP contribution in [0.1, 0.15) is 46.0 Å². The number of aliphatic carboxylic acids is 1. The van der Waals surface area contributed by atoms with Crippen LogP contribution < -0.4 is 0 Å².